The van der Waals surface area contributed by atoms with Crippen LogP contribution in [0.1, 0.15) is 89.8 Å². The van der Waals surface area contributed by atoms with Gasteiger partial charge in [-0.05, 0) is 145 Å². The minimum atomic E-state index is 0.508. The van der Waals surface area contributed by atoms with Crippen molar-refractivity contribution in [1.82, 2.24) is 0 Å². The first-order valence-corrected chi connectivity index (χ1v) is 23.5. The molecular formula is C64H69N. The highest BCUT2D eigenvalue weighted by atomic mass is 14.8. The van der Waals surface area contributed by atoms with Crippen LogP contribution in [0.2, 0.25) is 0 Å². The fourth-order valence-corrected chi connectivity index (χ4v) is 7.98. The largest absolute Gasteiger partial charge is 0.362 e. The summed E-state index contributed by atoms with van der Waals surface area (Å²) in [7, 11) is 0. The second-order valence-electron chi connectivity index (χ2n) is 16.1. The summed E-state index contributed by atoms with van der Waals surface area (Å²) >= 11 is 0. The van der Waals surface area contributed by atoms with Gasteiger partial charge in [0.05, 0.1) is 0 Å². The maximum absolute atomic E-state index is 3.80. The Morgan fingerprint density at radius 3 is 1.80 bits per heavy atom. The van der Waals surface area contributed by atoms with Gasteiger partial charge in [-0.2, -0.15) is 0 Å². The first-order chi connectivity index (χ1) is 32.0. The molecule has 0 radical (unpaired) electrons. The Morgan fingerprint density at radius 2 is 1.23 bits per heavy atom. The summed E-state index contributed by atoms with van der Waals surface area (Å²) in [6.07, 6.45) is 41.4. The van der Waals surface area contributed by atoms with Gasteiger partial charge in [-0.3, -0.25) is 0 Å². The minimum absolute atomic E-state index is 0.508. The van der Waals surface area contributed by atoms with E-state index in [4.69, 9.17) is 0 Å². The first kappa shape index (κ1) is 49.1. The van der Waals surface area contributed by atoms with Crippen molar-refractivity contribution in [2.75, 3.05) is 5.32 Å². The van der Waals surface area contributed by atoms with Gasteiger partial charge in [0.2, 0.25) is 0 Å². The van der Waals surface area contributed by atoms with E-state index < -0.39 is 0 Å². The molecule has 1 atom stereocenters. The van der Waals surface area contributed by atoms with E-state index in [9.17, 15) is 0 Å². The lowest BCUT2D eigenvalue weighted by molar-refractivity contribution is 0.629. The van der Waals surface area contributed by atoms with Crippen LogP contribution in [0.4, 0.5) is 5.69 Å². The zero-order valence-electron chi connectivity index (χ0n) is 39.5. The quantitative estimate of drug-likeness (QED) is 0.0816. The average molecular weight is 852 g/mol. The fraction of sp³-hybridized carbons (Fsp3) is 0.188. The van der Waals surface area contributed by atoms with Crippen molar-refractivity contribution >= 4 is 22.4 Å². The third-order valence-electron chi connectivity index (χ3n) is 11.5. The van der Waals surface area contributed by atoms with E-state index in [0.717, 1.165) is 30.5 Å². The lowest BCUT2D eigenvalue weighted by atomic mass is 9.85. The highest BCUT2D eigenvalue weighted by Crippen LogP contribution is 2.33. The number of nitrogens with one attached hydrogen (secondary N) is 1. The first-order valence-electron chi connectivity index (χ1n) is 23.5. The molecule has 0 amide bonds. The lowest BCUT2D eigenvalue weighted by Gasteiger charge is -2.20. The summed E-state index contributed by atoms with van der Waals surface area (Å²) in [6.45, 7) is 14.4. The predicted octanol–water partition coefficient (Wildman–Crippen LogP) is 18.8. The summed E-state index contributed by atoms with van der Waals surface area (Å²) in [6, 6.07) is 47.5. The maximum atomic E-state index is 3.80. The standard InChI is InChI=1S/C40H44.C24H25N/c1-4-15-32(6-3)17-13-14-22-40(31-39(16-5-2)34-20-11-8-12-21-34)38-29-27-37(28-30-38)36-25-23-35(24-26-36)33-18-9-7-10-19-33;1-4-10-20(6-3)23-14-16-24(17-15-23)25-19-18-21(11-5-2)22-12-8-7-9-13-22/h4,6-11,13,15,17-20,23-31,39H,5,12,14,16,21-22H2,1-3H3;4-19,25H,2H2,1,3H3/b15-4-,17-13+,32-6+,40-31+;10-4-,19-18-,20-6+,21-11+. The molecule has 1 N–H and O–H groups in total. The Balaban J connectivity index is 0.000000273. The zero-order valence-corrected chi connectivity index (χ0v) is 39.5. The third-order valence-corrected chi connectivity index (χ3v) is 11.5. The van der Waals surface area contributed by atoms with Gasteiger partial charge in [0.1, 0.15) is 0 Å². The van der Waals surface area contributed by atoms with Crippen molar-refractivity contribution in [2.24, 2.45) is 5.92 Å². The van der Waals surface area contributed by atoms with Crippen LogP contribution in [0, 0.1) is 5.92 Å². The topological polar surface area (TPSA) is 12.0 Å². The molecule has 0 saturated heterocycles. The highest BCUT2D eigenvalue weighted by molar-refractivity contribution is 5.77. The monoisotopic (exact) mass is 852 g/mol. The van der Waals surface area contributed by atoms with Crippen molar-refractivity contribution in [3.05, 3.63) is 265 Å². The van der Waals surface area contributed by atoms with Gasteiger partial charge in [-0.15, -0.1) is 0 Å². The molecule has 6 rings (SSSR count). The van der Waals surface area contributed by atoms with Gasteiger partial charge in [0.15, 0.2) is 0 Å². The fourth-order valence-electron chi connectivity index (χ4n) is 7.98. The SMILES string of the molecule is C=C/C=C(\C=C/Nc1ccc(C(/C=C\C)=C/C)cc1)c1ccccc1.C\C=C/C(/C=C/CC/C(=C\C(CCC)C1=CC=CCC1)c1ccc(-c2ccc(-c3ccccc3)cc2)cc1)=C\C. The molecule has 1 nitrogen and oxygen atoms in total. The summed E-state index contributed by atoms with van der Waals surface area (Å²) in [4.78, 5) is 0. The van der Waals surface area contributed by atoms with E-state index in [1.807, 2.05) is 37.4 Å². The molecule has 330 valence electrons. The molecule has 1 heteroatoms. The molecule has 1 aliphatic carbocycles. The van der Waals surface area contributed by atoms with E-state index in [0.29, 0.717) is 5.92 Å². The summed E-state index contributed by atoms with van der Waals surface area (Å²) in [5, 5.41) is 3.33. The Kier molecular flexibility index (Phi) is 21.1. The van der Waals surface area contributed by atoms with Crippen molar-refractivity contribution in [2.45, 2.75) is 73.1 Å². The Bertz CT molecular complexity index is 2510. The van der Waals surface area contributed by atoms with Gasteiger partial charge in [-0.1, -0.05) is 232 Å². The van der Waals surface area contributed by atoms with Gasteiger partial charge >= 0.3 is 0 Å². The van der Waals surface area contributed by atoms with Gasteiger partial charge in [0.25, 0.3) is 0 Å². The average Bonchev–Trinajstić information content (AvgIpc) is 3.37. The minimum Gasteiger partial charge on any atom is -0.362 e. The molecule has 0 fully saturated rings. The molecule has 5 aromatic rings. The zero-order chi connectivity index (χ0) is 45.9. The molecule has 0 spiro atoms. The maximum Gasteiger partial charge on any atom is 0.0380 e. The second kappa shape index (κ2) is 28.0. The van der Waals surface area contributed by atoms with Crippen LogP contribution in [0.5, 0.6) is 0 Å². The lowest BCUT2D eigenvalue weighted by Crippen LogP contribution is -2.04. The Hall–Kier alpha value is -6.96. The molecule has 0 heterocycles. The van der Waals surface area contributed by atoms with E-state index in [-0.39, 0.29) is 0 Å². The smallest absolute Gasteiger partial charge is 0.0380 e. The van der Waals surface area contributed by atoms with Crippen LogP contribution < -0.4 is 5.32 Å². The highest BCUT2D eigenvalue weighted by Gasteiger charge is 2.14. The number of allylic oxidation sites excluding steroid dienone is 20. The molecule has 0 aliphatic heterocycles. The molecule has 5 aromatic carbocycles. The number of hydrogen-bond acceptors (Lipinski definition) is 1. The molecule has 1 unspecified atom stereocenters. The van der Waals surface area contributed by atoms with Gasteiger partial charge in [0, 0.05) is 11.9 Å². The van der Waals surface area contributed by atoms with E-state index in [1.54, 1.807) is 11.6 Å². The van der Waals surface area contributed by atoms with Gasteiger partial charge < -0.3 is 5.32 Å². The van der Waals surface area contributed by atoms with Crippen LogP contribution in [-0.2, 0) is 0 Å². The van der Waals surface area contributed by atoms with Crippen LogP contribution in [0.15, 0.2) is 249 Å². The van der Waals surface area contributed by atoms with Crippen LogP contribution in [-0.4, -0.2) is 0 Å². The molecule has 0 saturated carbocycles. The van der Waals surface area contributed by atoms with E-state index in [2.05, 4.69) is 234 Å². The van der Waals surface area contributed by atoms with Crippen molar-refractivity contribution < 1.29 is 0 Å². The van der Waals surface area contributed by atoms with Crippen LogP contribution >= 0.6 is 0 Å². The van der Waals surface area contributed by atoms with Crippen LogP contribution in [0.25, 0.3) is 39.0 Å². The molecule has 0 aromatic heterocycles. The summed E-state index contributed by atoms with van der Waals surface area (Å²) < 4.78 is 0. The van der Waals surface area contributed by atoms with Gasteiger partial charge in [-0.25, -0.2) is 0 Å². The molecule has 0 bridgehead atoms. The number of benzene rings is 5. The molecule has 65 heavy (non-hydrogen) atoms. The summed E-state index contributed by atoms with van der Waals surface area (Å²) in [5.74, 6) is 0.508. The Morgan fingerprint density at radius 1 is 0.631 bits per heavy atom. The van der Waals surface area contributed by atoms with Crippen LogP contribution in [0.3, 0.4) is 0 Å². The van der Waals surface area contributed by atoms with Crippen molar-refractivity contribution in [3.63, 3.8) is 0 Å². The van der Waals surface area contributed by atoms with E-state index >= 15 is 0 Å². The number of hydrogen-bond donors (Lipinski definition) is 1. The molecule has 1 aliphatic rings. The van der Waals surface area contributed by atoms with Crippen molar-refractivity contribution in [3.8, 4) is 22.3 Å². The Labute approximate surface area is 392 Å². The third kappa shape index (κ3) is 16.0. The number of anilines is 1. The summed E-state index contributed by atoms with van der Waals surface area (Å²) in [5.41, 5.74) is 16.4. The van der Waals surface area contributed by atoms with Crippen molar-refractivity contribution in [1.29, 1.82) is 0 Å². The normalized spacial score (nSPS) is 14.2. The van der Waals surface area contributed by atoms with E-state index in [1.165, 1.54) is 74.9 Å². The molecular weight excluding hydrogens is 783 g/mol. The number of rotatable bonds is 19. The predicted molar refractivity (Wildman–Crippen MR) is 289 cm³/mol. The second-order valence-corrected chi connectivity index (χ2v) is 16.1.